The molecule has 1 rings (SSSR count). The van der Waals surface area contributed by atoms with Gasteiger partial charge in [-0.3, -0.25) is 14.3 Å². The standard InChI is InChI=1S/C7H7NO5S.Na/c1-13-6-3-2-5(8(9)10)4-7(6)14(11)12;/h2-4H,1H3,(H,11,12);/q;+1/p-1. The fourth-order valence-electron chi connectivity index (χ4n) is 0.909. The van der Waals surface area contributed by atoms with Crippen molar-refractivity contribution in [2.75, 3.05) is 7.11 Å². The second-order valence-electron chi connectivity index (χ2n) is 2.33. The molecule has 0 amide bonds. The van der Waals surface area contributed by atoms with Crippen LogP contribution in [0.4, 0.5) is 5.69 Å². The summed E-state index contributed by atoms with van der Waals surface area (Å²) in [6.45, 7) is 0. The molecule has 0 heterocycles. The van der Waals surface area contributed by atoms with E-state index in [2.05, 4.69) is 0 Å². The Labute approximate surface area is 110 Å². The largest absolute Gasteiger partial charge is 1.00 e. The van der Waals surface area contributed by atoms with E-state index in [0.29, 0.717) is 0 Å². The Balaban J connectivity index is 0.00000196. The molecule has 1 aromatic rings. The summed E-state index contributed by atoms with van der Waals surface area (Å²) in [5.41, 5.74) is -0.287. The minimum absolute atomic E-state index is 0. The van der Waals surface area contributed by atoms with Gasteiger partial charge < -0.3 is 9.29 Å². The van der Waals surface area contributed by atoms with Crippen LogP contribution in [0.5, 0.6) is 5.75 Å². The predicted molar refractivity (Wildman–Crippen MR) is 46.8 cm³/mol. The van der Waals surface area contributed by atoms with Crippen LogP contribution in [-0.2, 0) is 11.1 Å². The molecule has 0 aliphatic carbocycles. The van der Waals surface area contributed by atoms with E-state index >= 15 is 0 Å². The van der Waals surface area contributed by atoms with Crippen LogP contribution in [0, 0.1) is 10.1 Å². The Kier molecular flexibility index (Phi) is 5.99. The average molecular weight is 239 g/mol. The van der Waals surface area contributed by atoms with Crippen molar-refractivity contribution in [3.63, 3.8) is 0 Å². The van der Waals surface area contributed by atoms with Gasteiger partial charge in [-0.05, 0) is 17.1 Å². The van der Waals surface area contributed by atoms with E-state index in [1.165, 1.54) is 19.2 Å². The van der Waals surface area contributed by atoms with Crippen LogP contribution in [-0.4, -0.2) is 20.8 Å². The summed E-state index contributed by atoms with van der Waals surface area (Å²) in [7, 11) is 1.29. The van der Waals surface area contributed by atoms with Crippen molar-refractivity contribution < 1.29 is 48.0 Å². The normalized spacial score (nSPS) is 11.3. The molecule has 0 N–H and O–H groups in total. The molecule has 8 heteroatoms. The van der Waals surface area contributed by atoms with Gasteiger partial charge in [0.15, 0.2) is 0 Å². The molecule has 0 bridgehead atoms. The average Bonchev–Trinajstić information content (AvgIpc) is 2.16. The zero-order valence-electron chi connectivity index (χ0n) is 8.13. The maximum Gasteiger partial charge on any atom is 1.00 e. The van der Waals surface area contributed by atoms with Gasteiger partial charge in [0.25, 0.3) is 5.69 Å². The van der Waals surface area contributed by atoms with Crippen LogP contribution >= 0.6 is 0 Å². The van der Waals surface area contributed by atoms with Gasteiger partial charge in [-0.2, -0.15) is 0 Å². The van der Waals surface area contributed by atoms with E-state index in [0.717, 1.165) is 6.07 Å². The minimum Gasteiger partial charge on any atom is -0.768 e. The molecule has 15 heavy (non-hydrogen) atoms. The topological polar surface area (TPSA) is 92.5 Å². The Morgan fingerprint density at radius 1 is 1.47 bits per heavy atom. The molecule has 0 fully saturated rings. The number of non-ortho nitro benzene ring substituents is 1. The summed E-state index contributed by atoms with van der Waals surface area (Å²) in [6, 6.07) is 3.36. The number of rotatable bonds is 3. The maximum absolute atomic E-state index is 10.7. The second-order valence-corrected chi connectivity index (χ2v) is 3.24. The van der Waals surface area contributed by atoms with Gasteiger partial charge >= 0.3 is 29.6 Å². The third-order valence-electron chi connectivity index (χ3n) is 1.54. The summed E-state index contributed by atoms with van der Waals surface area (Å²) in [5.74, 6) is 0.0870. The van der Waals surface area contributed by atoms with E-state index in [-0.39, 0.29) is 45.9 Å². The first kappa shape index (κ1) is 14.5. The molecule has 76 valence electrons. The molecule has 0 radical (unpaired) electrons. The van der Waals surface area contributed by atoms with Crippen LogP contribution in [0.3, 0.4) is 0 Å². The molecule has 0 saturated carbocycles. The van der Waals surface area contributed by atoms with Crippen molar-refractivity contribution in [1.82, 2.24) is 0 Å². The van der Waals surface area contributed by atoms with Crippen LogP contribution in [0.15, 0.2) is 23.1 Å². The molecule has 6 nitrogen and oxygen atoms in total. The van der Waals surface area contributed by atoms with Gasteiger partial charge in [0, 0.05) is 12.1 Å². The quantitative estimate of drug-likeness (QED) is 0.259. The smallest absolute Gasteiger partial charge is 0.768 e. The summed E-state index contributed by atoms with van der Waals surface area (Å²) in [6.07, 6.45) is 0. The Hall–Kier alpha value is -0.470. The third kappa shape index (κ3) is 3.54. The number of hydrogen-bond acceptors (Lipinski definition) is 5. The Morgan fingerprint density at radius 3 is 2.47 bits per heavy atom. The number of benzene rings is 1. The fraction of sp³-hybridized carbons (Fsp3) is 0.143. The SMILES string of the molecule is COc1ccc([N+](=O)[O-])cc1S(=O)[O-].[Na+]. The van der Waals surface area contributed by atoms with Gasteiger partial charge in [-0.1, -0.05) is 0 Å². The fourth-order valence-corrected chi connectivity index (χ4v) is 1.44. The predicted octanol–water partition coefficient (Wildman–Crippen LogP) is -2.15. The van der Waals surface area contributed by atoms with Gasteiger partial charge in [0.1, 0.15) is 5.75 Å². The molecule has 0 aliphatic heterocycles. The van der Waals surface area contributed by atoms with Crippen molar-refractivity contribution in [3.8, 4) is 5.75 Å². The van der Waals surface area contributed by atoms with Crippen molar-refractivity contribution in [2.45, 2.75) is 4.90 Å². The number of nitrogens with zero attached hydrogens (tertiary/aromatic N) is 1. The molecular weight excluding hydrogens is 233 g/mol. The van der Waals surface area contributed by atoms with E-state index in [1.807, 2.05) is 0 Å². The zero-order chi connectivity index (χ0) is 10.7. The van der Waals surface area contributed by atoms with E-state index in [1.54, 1.807) is 0 Å². The van der Waals surface area contributed by atoms with Gasteiger partial charge in [0.05, 0.1) is 16.9 Å². The van der Waals surface area contributed by atoms with E-state index in [4.69, 9.17) is 4.74 Å². The number of nitro groups is 1. The van der Waals surface area contributed by atoms with Crippen molar-refractivity contribution in [2.24, 2.45) is 0 Å². The molecule has 0 aliphatic rings. The van der Waals surface area contributed by atoms with E-state index in [9.17, 15) is 18.9 Å². The summed E-state index contributed by atoms with van der Waals surface area (Å²) in [5, 5.41) is 10.3. The number of nitro benzene ring substituents is 1. The number of hydrogen-bond donors (Lipinski definition) is 0. The Bertz CT molecular complexity index is 397. The molecule has 0 saturated heterocycles. The van der Waals surface area contributed by atoms with Crippen LogP contribution in [0.25, 0.3) is 0 Å². The molecular formula is C7H6NNaO5S. The zero-order valence-corrected chi connectivity index (χ0v) is 10.9. The van der Waals surface area contributed by atoms with Gasteiger partial charge in [0.2, 0.25) is 0 Å². The molecule has 1 aromatic carbocycles. The molecule has 1 unspecified atom stereocenters. The minimum atomic E-state index is -2.55. The second kappa shape index (κ2) is 6.19. The molecule has 0 aromatic heterocycles. The monoisotopic (exact) mass is 239 g/mol. The maximum atomic E-state index is 10.7. The Morgan fingerprint density at radius 2 is 2.07 bits per heavy atom. The van der Waals surface area contributed by atoms with Crippen molar-refractivity contribution in [1.29, 1.82) is 0 Å². The summed E-state index contributed by atoms with van der Waals surface area (Å²) >= 11 is -2.55. The summed E-state index contributed by atoms with van der Waals surface area (Å²) < 4.78 is 26.0. The number of ether oxygens (including phenoxy) is 1. The van der Waals surface area contributed by atoms with Crippen molar-refractivity contribution >= 4 is 16.8 Å². The first-order valence-corrected chi connectivity index (χ1v) is 4.55. The van der Waals surface area contributed by atoms with E-state index < -0.39 is 16.0 Å². The molecule has 1 atom stereocenters. The van der Waals surface area contributed by atoms with Crippen LogP contribution in [0.1, 0.15) is 0 Å². The van der Waals surface area contributed by atoms with Crippen LogP contribution < -0.4 is 34.3 Å². The molecule has 0 spiro atoms. The number of methoxy groups -OCH3 is 1. The van der Waals surface area contributed by atoms with Crippen LogP contribution in [0.2, 0.25) is 0 Å². The van der Waals surface area contributed by atoms with Crippen molar-refractivity contribution in [3.05, 3.63) is 28.3 Å². The summed E-state index contributed by atoms with van der Waals surface area (Å²) in [4.78, 5) is 9.45. The first-order valence-electron chi connectivity index (χ1n) is 3.48. The third-order valence-corrected chi connectivity index (χ3v) is 2.22. The van der Waals surface area contributed by atoms with Gasteiger partial charge in [-0.15, -0.1) is 0 Å². The van der Waals surface area contributed by atoms with Gasteiger partial charge in [-0.25, -0.2) is 0 Å². The first-order chi connectivity index (χ1) is 6.56.